The number of primary amides is 1. The van der Waals surface area contributed by atoms with Crippen LogP contribution in [0.1, 0.15) is 22.4 Å². The highest BCUT2D eigenvalue weighted by molar-refractivity contribution is 6.32. The molecule has 1 aliphatic rings. The summed E-state index contributed by atoms with van der Waals surface area (Å²) in [5.74, 6) is 0.470. The van der Waals surface area contributed by atoms with E-state index in [4.69, 9.17) is 31.9 Å². The molecule has 1 radical (unpaired) electrons. The minimum Gasteiger partial charge on any atom is -0.354 e. The van der Waals surface area contributed by atoms with Crippen LogP contribution in [0.4, 0.5) is 10.6 Å². The number of urea groups is 1. The number of rotatable bonds is 7. The molecular formula is C20H25ClN5O4. The molecule has 3 rings (SSSR count). The van der Waals surface area contributed by atoms with Crippen molar-refractivity contribution in [3.05, 3.63) is 39.5 Å². The van der Waals surface area contributed by atoms with Crippen LogP contribution in [0, 0.1) is 13.8 Å². The molecule has 0 aliphatic carbocycles. The zero-order valence-electron chi connectivity index (χ0n) is 17.4. The summed E-state index contributed by atoms with van der Waals surface area (Å²) in [4.78, 5) is 26.6. The predicted octanol–water partition coefficient (Wildman–Crippen LogP) is 2.07. The molecule has 0 fully saturated rings. The van der Waals surface area contributed by atoms with E-state index in [2.05, 4.69) is 0 Å². The lowest BCUT2D eigenvalue weighted by atomic mass is 10.1. The smallest absolute Gasteiger partial charge is 0.320 e. The number of amides is 3. The fourth-order valence-corrected chi connectivity index (χ4v) is 3.72. The molecule has 0 atom stereocenters. The largest absolute Gasteiger partial charge is 0.354 e. The predicted molar refractivity (Wildman–Crippen MR) is 113 cm³/mol. The van der Waals surface area contributed by atoms with Gasteiger partial charge in [0.25, 0.3) is 0 Å². The number of hydrogen-bond donors (Lipinski definition) is 1. The van der Waals surface area contributed by atoms with Crippen LogP contribution in [0.3, 0.4) is 0 Å². The van der Waals surface area contributed by atoms with Crippen LogP contribution in [0.25, 0.3) is 5.69 Å². The van der Waals surface area contributed by atoms with Crippen molar-refractivity contribution in [2.75, 3.05) is 32.2 Å². The van der Waals surface area contributed by atoms with E-state index in [1.54, 1.807) is 4.68 Å². The number of methoxy groups -OCH3 is 2. The fraction of sp³-hybridized carbons (Fsp3) is 0.450. The fourth-order valence-electron chi connectivity index (χ4n) is 3.61. The minimum atomic E-state index is -0.692. The van der Waals surface area contributed by atoms with Crippen molar-refractivity contribution in [1.82, 2.24) is 14.7 Å². The molecule has 2 N–H and O–H groups in total. The van der Waals surface area contributed by atoms with E-state index in [1.165, 1.54) is 24.0 Å². The number of fused-ring (bicyclic) bond motifs is 1. The summed E-state index contributed by atoms with van der Waals surface area (Å²) < 4.78 is 12.2. The zero-order chi connectivity index (χ0) is 22.0. The van der Waals surface area contributed by atoms with Crippen molar-refractivity contribution in [1.29, 1.82) is 0 Å². The Morgan fingerprint density at radius 3 is 2.50 bits per heavy atom. The van der Waals surface area contributed by atoms with Gasteiger partial charge in [-0.3, -0.25) is 9.69 Å². The Kier molecular flexibility index (Phi) is 6.64. The third-order valence-corrected chi connectivity index (χ3v) is 5.78. The first-order valence-corrected chi connectivity index (χ1v) is 9.81. The quantitative estimate of drug-likeness (QED) is 0.672. The van der Waals surface area contributed by atoms with E-state index >= 15 is 0 Å². The molecule has 1 aromatic heterocycles. The summed E-state index contributed by atoms with van der Waals surface area (Å²) in [6.07, 6.45) is 1.77. The number of carbonyl (C=O) groups is 1. The van der Waals surface area contributed by atoms with Crippen LogP contribution in [0.2, 0.25) is 5.02 Å². The molecule has 3 amide bonds. The van der Waals surface area contributed by atoms with Gasteiger partial charge in [0.2, 0.25) is 0 Å². The first-order valence-electron chi connectivity index (χ1n) is 9.43. The lowest BCUT2D eigenvalue weighted by molar-refractivity contribution is -0.0940. The molecule has 10 heteroatoms. The summed E-state index contributed by atoms with van der Waals surface area (Å²) in [5.41, 5.74) is 9.76. The Balaban J connectivity index is 2.21. The number of hydrogen-bond acceptors (Lipinski definition) is 5. The maximum atomic E-state index is 12.5. The maximum Gasteiger partial charge on any atom is 0.320 e. The second-order valence-corrected chi connectivity index (χ2v) is 7.54. The Bertz CT molecular complexity index is 934. The molecule has 2 heterocycles. The summed E-state index contributed by atoms with van der Waals surface area (Å²) in [6.45, 7) is 4.64. The molecule has 9 nitrogen and oxygen atoms in total. The van der Waals surface area contributed by atoms with E-state index in [0.717, 1.165) is 28.1 Å². The second kappa shape index (κ2) is 9.03. The van der Waals surface area contributed by atoms with E-state index in [1.807, 2.05) is 32.4 Å². The molecule has 0 unspecified atom stereocenters. The van der Waals surface area contributed by atoms with Gasteiger partial charge in [-0.25, -0.2) is 9.48 Å². The molecule has 0 saturated heterocycles. The molecule has 0 saturated carbocycles. The highest BCUT2D eigenvalue weighted by atomic mass is 35.5. The topological polar surface area (TPSA) is 103 Å². The Morgan fingerprint density at radius 2 is 1.97 bits per heavy atom. The molecule has 1 aliphatic heterocycles. The van der Waals surface area contributed by atoms with Crippen molar-refractivity contribution >= 4 is 29.9 Å². The van der Waals surface area contributed by atoms with Crippen molar-refractivity contribution in [3.63, 3.8) is 0 Å². The van der Waals surface area contributed by atoms with Crippen molar-refractivity contribution in [2.45, 2.75) is 33.1 Å². The van der Waals surface area contributed by atoms with Gasteiger partial charge < -0.3 is 20.1 Å². The standard InChI is InChI=1S/C20H25ClN5O4/c1-12-7-14(8-13(2)18(12)21)26-19(25(20(22)28)10-17(29-3)30-4)15-9-24(11-27)6-5-16(15)23-26/h7-8,17H,5-6,9-10H2,1-4H3,(H2,22,28). The maximum absolute atomic E-state index is 12.5. The number of anilines is 1. The number of nitrogens with zero attached hydrogens (tertiary/aromatic N) is 4. The van der Waals surface area contributed by atoms with Gasteiger partial charge in [0, 0.05) is 37.8 Å². The summed E-state index contributed by atoms with van der Waals surface area (Å²) in [6, 6.07) is 3.10. The summed E-state index contributed by atoms with van der Waals surface area (Å²) in [7, 11) is 2.96. The van der Waals surface area contributed by atoms with Crippen molar-refractivity contribution in [3.8, 4) is 5.69 Å². The first-order chi connectivity index (χ1) is 14.3. The minimum absolute atomic E-state index is 0.0524. The van der Waals surface area contributed by atoms with Crippen molar-refractivity contribution < 1.29 is 19.1 Å². The van der Waals surface area contributed by atoms with E-state index in [9.17, 15) is 9.59 Å². The molecule has 0 bridgehead atoms. The average Bonchev–Trinajstić information content (AvgIpc) is 3.10. The number of aryl methyl sites for hydroxylation is 2. The Labute approximate surface area is 180 Å². The number of halogens is 1. The van der Waals surface area contributed by atoms with Gasteiger partial charge in [-0.1, -0.05) is 11.6 Å². The van der Waals surface area contributed by atoms with Crippen LogP contribution >= 0.6 is 11.6 Å². The Morgan fingerprint density at radius 1 is 1.33 bits per heavy atom. The third kappa shape index (κ3) is 4.14. The highest BCUT2D eigenvalue weighted by Gasteiger charge is 2.32. The molecule has 0 spiro atoms. The second-order valence-electron chi connectivity index (χ2n) is 7.17. The van der Waals surface area contributed by atoms with Crippen LogP contribution in [-0.2, 0) is 27.2 Å². The van der Waals surface area contributed by atoms with E-state index < -0.39 is 12.3 Å². The number of benzene rings is 1. The zero-order valence-corrected chi connectivity index (χ0v) is 18.2. The van der Waals surface area contributed by atoms with Gasteiger partial charge in [-0.05, 0) is 37.1 Å². The normalized spacial score (nSPS) is 13.5. The number of ether oxygens (including phenoxy) is 2. The molecule has 30 heavy (non-hydrogen) atoms. The average molecular weight is 435 g/mol. The summed E-state index contributed by atoms with van der Waals surface area (Å²) in [5, 5.41) is 5.42. The molecule has 2 aromatic rings. The highest BCUT2D eigenvalue weighted by Crippen LogP contribution is 2.33. The molecule has 1 aromatic carbocycles. The van der Waals surface area contributed by atoms with Crippen LogP contribution in [0.15, 0.2) is 12.1 Å². The Hall–Kier alpha value is -2.62. The van der Waals surface area contributed by atoms with Gasteiger partial charge >= 0.3 is 12.4 Å². The number of aromatic nitrogens is 2. The van der Waals surface area contributed by atoms with Gasteiger partial charge in [-0.2, -0.15) is 5.10 Å². The van der Waals surface area contributed by atoms with Crippen molar-refractivity contribution in [2.24, 2.45) is 5.73 Å². The SMILES string of the molecule is COC(CN(C(N)=O)c1c2c(nn1-c1cc(C)c(Cl)c(C)c1)CCN([C]=O)C2)OC. The van der Waals surface area contributed by atoms with E-state index in [-0.39, 0.29) is 13.1 Å². The number of nitrogens with two attached hydrogens (primary N) is 1. The summed E-state index contributed by atoms with van der Waals surface area (Å²) >= 11 is 6.34. The van der Waals surface area contributed by atoms with Gasteiger partial charge in [-0.15, -0.1) is 0 Å². The van der Waals surface area contributed by atoms with Gasteiger partial charge in [0.1, 0.15) is 5.82 Å². The number of carbonyl (C=O) groups excluding carboxylic acids is 2. The van der Waals surface area contributed by atoms with Crippen LogP contribution in [-0.4, -0.2) is 60.7 Å². The van der Waals surface area contributed by atoms with Crippen LogP contribution < -0.4 is 10.6 Å². The monoisotopic (exact) mass is 434 g/mol. The van der Waals surface area contributed by atoms with Crippen LogP contribution in [0.5, 0.6) is 0 Å². The third-order valence-electron chi connectivity index (χ3n) is 5.18. The molecular weight excluding hydrogens is 410 g/mol. The lowest BCUT2D eigenvalue weighted by Crippen LogP contribution is -2.44. The van der Waals surface area contributed by atoms with Gasteiger partial charge in [0.05, 0.1) is 24.5 Å². The molecule has 161 valence electrons. The van der Waals surface area contributed by atoms with E-state index in [0.29, 0.717) is 23.8 Å². The van der Waals surface area contributed by atoms with Gasteiger partial charge in [0.15, 0.2) is 6.29 Å². The first kappa shape index (κ1) is 22.1. The lowest BCUT2D eigenvalue weighted by Gasteiger charge is -2.28.